The molecule has 1 saturated heterocycles. The molecule has 1 atom stereocenters. The summed E-state index contributed by atoms with van der Waals surface area (Å²) in [5.41, 5.74) is 8.20. The van der Waals surface area contributed by atoms with Crippen molar-refractivity contribution in [3.05, 3.63) is 29.8 Å². The SMILES string of the molecule is CC(N)CNc1ccc(CN2CCOCC2)cc1. The smallest absolute Gasteiger partial charge is 0.0594 e. The molecule has 1 unspecified atom stereocenters. The molecule has 2 rings (SSSR count). The second kappa shape index (κ2) is 6.73. The van der Waals surface area contributed by atoms with Gasteiger partial charge in [0.15, 0.2) is 0 Å². The second-order valence-electron chi connectivity index (χ2n) is 4.94. The van der Waals surface area contributed by atoms with Gasteiger partial charge in [0.25, 0.3) is 0 Å². The Labute approximate surface area is 109 Å². The van der Waals surface area contributed by atoms with Gasteiger partial charge in [0.2, 0.25) is 0 Å². The molecule has 4 nitrogen and oxygen atoms in total. The molecular formula is C14H23N3O. The zero-order valence-electron chi connectivity index (χ0n) is 11.1. The summed E-state index contributed by atoms with van der Waals surface area (Å²) in [6.07, 6.45) is 0. The molecule has 0 spiro atoms. The normalized spacial score (nSPS) is 18.6. The molecule has 0 saturated carbocycles. The van der Waals surface area contributed by atoms with E-state index in [9.17, 15) is 0 Å². The molecule has 1 heterocycles. The van der Waals surface area contributed by atoms with E-state index in [4.69, 9.17) is 10.5 Å². The number of nitrogens with two attached hydrogens (primary N) is 1. The molecule has 0 bridgehead atoms. The zero-order valence-corrected chi connectivity index (χ0v) is 11.1. The highest BCUT2D eigenvalue weighted by Gasteiger charge is 2.10. The summed E-state index contributed by atoms with van der Waals surface area (Å²) in [5.74, 6) is 0. The maximum Gasteiger partial charge on any atom is 0.0594 e. The summed E-state index contributed by atoms with van der Waals surface area (Å²) in [5, 5.41) is 3.32. The monoisotopic (exact) mass is 249 g/mol. The van der Waals surface area contributed by atoms with E-state index in [1.165, 1.54) is 5.56 Å². The van der Waals surface area contributed by atoms with Crippen LogP contribution < -0.4 is 11.1 Å². The molecule has 18 heavy (non-hydrogen) atoms. The van der Waals surface area contributed by atoms with Gasteiger partial charge in [0.05, 0.1) is 13.2 Å². The van der Waals surface area contributed by atoms with Gasteiger partial charge < -0.3 is 15.8 Å². The van der Waals surface area contributed by atoms with Gasteiger partial charge in [-0.25, -0.2) is 0 Å². The van der Waals surface area contributed by atoms with Crippen molar-refractivity contribution in [2.45, 2.75) is 19.5 Å². The number of morpholine rings is 1. The van der Waals surface area contributed by atoms with E-state index in [-0.39, 0.29) is 6.04 Å². The number of hydrogen-bond acceptors (Lipinski definition) is 4. The van der Waals surface area contributed by atoms with E-state index in [2.05, 4.69) is 34.5 Å². The van der Waals surface area contributed by atoms with Crippen LogP contribution in [0.1, 0.15) is 12.5 Å². The molecule has 100 valence electrons. The highest BCUT2D eigenvalue weighted by atomic mass is 16.5. The maximum absolute atomic E-state index is 5.71. The van der Waals surface area contributed by atoms with E-state index in [0.29, 0.717) is 0 Å². The first-order valence-corrected chi connectivity index (χ1v) is 6.62. The first-order chi connectivity index (χ1) is 8.74. The van der Waals surface area contributed by atoms with Crippen molar-refractivity contribution in [2.24, 2.45) is 5.73 Å². The number of hydrogen-bond donors (Lipinski definition) is 2. The van der Waals surface area contributed by atoms with E-state index in [1.807, 2.05) is 6.92 Å². The second-order valence-corrected chi connectivity index (χ2v) is 4.94. The number of benzene rings is 1. The fraction of sp³-hybridized carbons (Fsp3) is 0.571. The van der Waals surface area contributed by atoms with Crippen LogP contribution in [0.25, 0.3) is 0 Å². The Morgan fingerprint density at radius 1 is 1.28 bits per heavy atom. The molecule has 0 amide bonds. The van der Waals surface area contributed by atoms with E-state index < -0.39 is 0 Å². The van der Waals surface area contributed by atoms with Gasteiger partial charge in [0.1, 0.15) is 0 Å². The summed E-state index contributed by atoms with van der Waals surface area (Å²) in [7, 11) is 0. The molecule has 1 aliphatic heterocycles. The molecule has 1 fully saturated rings. The molecule has 0 aromatic heterocycles. The van der Waals surface area contributed by atoms with Crippen molar-refractivity contribution < 1.29 is 4.74 Å². The number of rotatable bonds is 5. The quantitative estimate of drug-likeness (QED) is 0.825. The Kier molecular flexibility index (Phi) is 4.99. The van der Waals surface area contributed by atoms with Gasteiger partial charge in [-0.05, 0) is 24.6 Å². The van der Waals surface area contributed by atoms with Crippen molar-refractivity contribution in [3.63, 3.8) is 0 Å². The van der Waals surface area contributed by atoms with Crippen molar-refractivity contribution in [2.75, 3.05) is 38.2 Å². The van der Waals surface area contributed by atoms with Gasteiger partial charge in [-0.1, -0.05) is 12.1 Å². The molecular weight excluding hydrogens is 226 g/mol. The van der Waals surface area contributed by atoms with Crippen LogP contribution in [0, 0.1) is 0 Å². The van der Waals surface area contributed by atoms with Gasteiger partial charge >= 0.3 is 0 Å². The van der Waals surface area contributed by atoms with Crippen molar-refractivity contribution in [1.29, 1.82) is 0 Å². The average Bonchev–Trinajstić information content (AvgIpc) is 2.39. The minimum absolute atomic E-state index is 0.179. The molecule has 3 N–H and O–H groups in total. The Morgan fingerprint density at radius 3 is 2.56 bits per heavy atom. The summed E-state index contributed by atoms with van der Waals surface area (Å²) in [6.45, 7) is 7.59. The number of ether oxygens (including phenoxy) is 1. The van der Waals surface area contributed by atoms with Crippen LogP contribution in [0.2, 0.25) is 0 Å². The predicted molar refractivity (Wildman–Crippen MR) is 74.7 cm³/mol. The van der Waals surface area contributed by atoms with Crippen molar-refractivity contribution in [3.8, 4) is 0 Å². The van der Waals surface area contributed by atoms with Gasteiger partial charge in [-0.3, -0.25) is 4.90 Å². The van der Waals surface area contributed by atoms with Crippen molar-refractivity contribution in [1.82, 2.24) is 4.90 Å². The summed E-state index contributed by atoms with van der Waals surface area (Å²) >= 11 is 0. The number of anilines is 1. The maximum atomic E-state index is 5.71. The molecule has 0 aliphatic carbocycles. The van der Waals surface area contributed by atoms with Crippen LogP contribution >= 0.6 is 0 Å². The lowest BCUT2D eigenvalue weighted by atomic mass is 10.2. The average molecular weight is 249 g/mol. The van der Waals surface area contributed by atoms with E-state index in [0.717, 1.165) is 45.1 Å². The third-order valence-electron chi connectivity index (χ3n) is 3.09. The highest BCUT2D eigenvalue weighted by molar-refractivity contribution is 5.44. The Hall–Kier alpha value is -1.10. The fourth-order valence-corrected chi connectivity index (χ4v) is 2.02. The summed E-state index contributed by atoms with van der Waals surface area (Å²) in [4.78, 5) is 2.42. The van der Waals surface area contributed by atoms with Crippen LogP contribution in [0.4, 0.5) is 5.69 Å². The highest BCUT2D eigenvalue weighted by Crippen LogP contribution is 2.12. The fourth-order valence-electron chi connectivity index (χ4n) is 2.02. The third-order valence-corrected chi connectivity index (χ3v) is 3.09. The summed E-state index contributed by atoms with van der Waals surface area (Å²) in [6, 6.07) is 8.78. The predicted octanol–water partition coefficient (Wildman–Crippen LogP) is 1.28. The van der Waals surface area contributed by atoms with E-state index in [1.54, 1.807) is 0 Å². The summed E-state index contributed by atoms with van der Waals surface area (Å²) < 4.78 is 5.35. The minimum Gasteiger partial charge on any atom is -0.383 e. The first-order valence-electron chi connectivity index (χ1n) is 6.62. The van der Waals surface area contributed by atoms with Crippen molar-refractivity contribution >= 4 is 5.69 Å². The first kappa shape index (κ1) is 13.3. The van der Waals surface area contributed by atoms with Crippen LogP contribution in [-0.2, 0) is 11.3 Å². The lowest BCUT2D eigenvalue weighted by Crippen LogP contribution is -2.35. The van der Waals surface area contributed by atoms with Crippen LogP contribution in [0.5, 0.6) is 0 Å². The number of nitrogens with zero attached hydrogens (tertiary/aromatic N) is 1. The standard InChI is InChI=1S/C14H23N3O/c1-12(15)10-16-14-4-2-13(3-5-14)11-17-6-8-18-9-7-17/h2-5,12,16H,6-11,15H2,1H3. The lowest BCUT2D eigenvalue weighted by molar-refractivity contribution is 0.0342. The van der Waals surface area contributed by atoms with Crippen LogP contribution in [-0.4, -0.2) is 43.8 Å². The Bertz CT molecular complexity index is 345. The Morgan fingerprint density at radius 2 is 1.94 bits per heavy atom. The topological polar surface area (TPSA) is 50.5 Å². The van der Waals surface area contributed by atoms with Gasteiger partial charge in [-0.15, -0.1) is 0 Å². The zero-order chi connectivity index (χ0) is 12.8. The Balaban J connectivity index is 1.83. The van der Waals surface area contributed by atoms with Crippen LogP contribution in [0.15, 0.2) is 24.3 Å². The molecule has 1 aliphatic rings. The molecule has 1 aromatic carbocycles. The largest absolute Gasteiger partial charge is 0.383 e. The number of nitrogens with one attached hydrogen (secondary N) is 1. The third kappa shape index (κ3) is 4.29. The van der Waals surface area contributed by atoms with Gasteiger partial charge in [-0.2, -0.15) is 0 Å². The molecule has 1 aromatic rings. The molecule has 0 radical (unpaired) electrons. The van der Waals surface area contributed by atoms with Gasteiger partial charge in [0, 0.05) is 37.9 Å². The minimum atomic E-state index is 0.179. The van der Waals surface area contributed by atoms with E-state index >= 15 is 0 Å². The van der Waals surface area contributed by atoms with Crippen LogP contribution in [0.3, 0.4) is 0 Å². The lowest BCUT2D eigenvalue weighted by Gasteiger charge is -2.26. The molecule has 4 heteroatoms.